The van der Waals surface area contributed by atoms with Gasteiger partial charge in [-0.1, -0.05) is 54.6 Å². The van der Waals surface area contributed by atoms with Crippen molar-refractivity contribution >= 4 is 43.4 Å². The van der Waals surface area contributed by atoms with E-state index in [0.717, 1.165) is 44.2 Å². The standard InChI is InChI=1S/C33H21N5S/c1-3-12-28-25(10-1)26-16-15-23(33-36-27-11-2-4-14-31(27)39-33)21-30(26)38(28)24-9-5-8-22(20-24)32-29(13-6-17-34-32)37-19-7-18-35-37/h1-21H. The largest absolute Gasteiger partial charge is 0.309 e. The van der Waals surface area contributed by atoms with Crippen LogP contribution < -0.4 is 0 Å². The summed E-state index contributed by atoms with van der Waals surface area (Å²) in [4.78, 5) is 9.68. The first kappa shape index (κ1) is 22.0. The Balaban J connectivity index is 1.35. The molecule has 6 heteroatoms. The lowest BCUT2D eigenvalue weighted by Crippen LogP contribution is -2.00. The van der Waals surface area contributed by atoms with Crippen LogP contribution in [0.15, 0.2) is 128 Å². The van der Waals surface area contributed by atoms with Gasteiger partial charge in [0.2, 0.25) is 0 Å². The highest BCUT2D eigenvalue weighted by atomic mass is 32.1. The minimum atomic E-state index is 0.888. The van der Waals surface area contributed by atoms with E-state index in [1.54, 1.807) is 17.5 Å². The van der Waals surface area contributed by atoms with Crippen LogP contribution in [0.5, 0.6) is 0 Å². The van der Waals surface area contributed by atoms with Crippen LogP contribution >= 0.6 is 11.3 Å². The lowest BCUT2D eigenvalue weighted by atomic mass is 10.1. The Morgan fingerprint density at radius 2 is 1.54 bits per heavy atom. The first-order chi connectivity index (χ1) is 19.3. The number of nitrogens with zero attached hydrogens (tertiary/aromatic N) is 5. The fourth-order valence-electron chi connectivity index (χ4n) is 5.39. The minimum absolute atomic E-state index is 0.888. The Morgan fingerprint density at radius 3 is 2.46 bits per heavy atom. The smallest absolute Gasteiger partial charge is 0.124 e. The maximum Gasteiger partial charge on any atom is 0.124 e. The number of aromatic nitrogens is 5. The second-order valence-corrected chi connectivity index (χ2v) is 10.5. The number of benzene rings is 4. The molecular formula is C33H21N5S. The predicted octanol–water partition coefficient (Wildman–Crippen LogP) is 8.31. The highest BCUT2D eigenvalue weighted by molar-refractivity contribution is 7.21. The summed E-state index contributed by atoms with van der Waals surface area (Å²) in [6.07, 6.45) is 5.56. The highest BCUT2D eigenvalue weighted by Gasteiger charge is 2.16. The molecule has 0 aliphatic heterocycles. The lowest BCUT2D eigenvalue weighted by molar-refractivity contribution is 0.876. The van der Waals surface area contributed by atoms with Gasteiger partial charge in [-0.05, 0) is 54.6 Å². The van der Waals surface area contributed by atoms with E-state index in [-0.39, 0.29) is 0 Å². The van der Waals surface area contributed by atoms with Crippen LogP contribution in [0.1, 0.15) is 0 Å². The maximum absolute atomic E-state index is 4.93. The summed E-state index contributed by atoms with van der Waals surface area (Å²) >= 11 is 1.73. The van der Waals surface area contributed by atoms with E-state index in [2.05, 4.69) is 94.6 Å². The quantitative estimate of drug-likeness (QED) is 0.235. The van der Waals surface area contributed by atoms with Crippen molar-refractivity contribution in [2.75, 3.05) is 0 Å². The zero-order valence-corrected chi connectivity index (χ0v) is 21.6. The normalized spacial score (nSPS) is 11.6. The van der Waals surface area contributed by atoms with Gasteiger partial charge < -0.3 is 4.57 Å². The molecule has 8 rings (SSSR count). The number of fused-ring (bicyclic) bond motifs is 4. The number of hydrogen-bond acceptors (Lipinski definition) is 4. The molecule has 4 heterocycles. The molecule has 39 heavy (non-hydrogen) atoms. The SMILES string of the molecule is c1cc(-c2ncccc2-n2cccn2)cc(-n2c3ccccc3c3ccc(-c4nc5ccccc5s4)cc32)c1. The molecule has 0 amide bonds. The van der Waals surface area contributed by atoms with E-state index in [1.807, 2.05) is 41.3 Å². The van der Waals surface area contributed by atoms with Gasteiger partial charge in [-0.2, -0.15) is 5.10 Å². The summed E-state index contributed by atoms with van der Waals surface area (Å²) in [5.41, 5.74) is 8.42. The first-order valence-corrected chi connectivity index (χ1v) is 13.6. The second-order valence-electron chi connectivity index (χ2n) is 9.44. The zero-order valence-electron chi connectivity index (χ0n) is 20.8. The van der Waals surface area contributed by atoms with E-state index in [4.69, 9.17) is 9.97 Å². The molecule has 0 unspecified atom stereocenters. The van der Waals surface area contributed by atoms with Crippen molar-refractivity contribution in [3.8, 4) is 33.2 Å². The molecule has 4 aromatic heterocycles. The Hall–Kier alpha value is -5.07. The van der Waals surface area contributed by atoms with Crippen LogP contribution in [0.25, 0.3) is 65.2 Å². The van der Waals surface area contributed by atoms with Crippen molar-refractivity contribution in [2.24, 2.45) is 0 Å². The Morgan fingerprint density at radius 1 is 0.641 bits per heavy atom. The monoisotopic (exact) mass is 519 g/mol. The molecule has 0 atom stereocenters. The molecule has 0 aliphatic rings. The number of para-hydroxylation sites is 2. The molecule has 184 valence electrons. The summed E-state index contributed by atoms with van der Waals surface area (Å²) in [6.45, 7) is 0. The maximum atomic E-state index is 4.93. The third kappa shape index (κ3) is 3.57. The van der Waals surface area contributed by atoms with E-state index in [1.165, 1.54) is 21.0 Å². The predicted molar refractivity (Wildman–Crippen MR) is 160 cm³/mol. The third-order valence-corrected chi connectivity index (χ3v) is 8.22. The van der Waals surface area contributed by atoms with Crippen molar-refractivity contribution in [1.82, 2.24) is 24.3 Å². The molecule has 0 spiro atoms. The Kier molecular flexibility index (Phi) is 4.93. The van der Waals surface area contributed by atoms with E-state index in [0.29, 0.717) is 0 Å². The van der Waals surface area contributed by atoms with E-state index in [9.17, 15) is 0 Å². The van der Waals surface area contributed by atoms with Crippen molar-refractivity contribution < 1.29 is 0 Å². The average Bonchev–Trinajstić information content (AvgIpc) is 3.75. The lowest BCUT2D eigenvalue weighted by Gasteiger charge is -2.12. The van der Waals surface area contributed by atoms with Gasteiger partial charge in [0, 0.05) is 46.2 Å². The average molecular weight is 520 g/mol. The first-order valence-electron chi connectivity index (χ1n) is 12.8. The van der Waals surface area contributed by atoms with Crippen LogP contribution in [0.4, 0.5) is 0 Å². The van der Waals surface area contributed by atoms with Crippen LogP contribution in [-0.2, 0) is 0 Å². The van der Waals surface area contributed by atoms with Crippen LogP contribution in [0.3, 0.4) is 0 Å². The molecule has 8 aromatic rings. The van der Waals surface area contributed by atoms with Crippen LogP contribution in [-0.4, -0.2) is 24.3 Å². The summed E-state index contributed by atoms with van der Waals surface area (Å²) in [5.74, 6) is 0. The fraction of sp³-hybridized carbons (Fsp3) is 0. The molecule has 0 saturated carbocycles. The van der Waals surface area contributed by atoms with Gasteiger partial charge in [-0.15, -0.1) is 11.3 Å². The van der Waals surface area contributed by atoms with Gasteiger partial charge in [0.1, 0.15) is 5.01 Å². The topological polar surface area (TPSA) is 48.5 Å². The summed E-state index contributed by atoms with van der Waals surface area (Å²) in [5, 5.41) is 7.92. The van der Waals surface area contributed by atoms with E-state index >= 15 is 0 Å². The third-order valence-electron chi connectivity index (χ3n) is 7.13. The van der Waals surface area contributed by atoms with Gasteiger partial charge in [0.25, 0.3) is 0 Å². The molecule has 0 aliphatic carbocycles. The number of thiazole rings is 1. The fourth-order valence-corrected chi connectivity index (χ4v) is 6.35. The van der Waals surface area contributed by atoms with Gasteiger partial charge in [0.15, 0.2) is 0 Å². The number of rotatable bonds is 4. The summed E-state index contributed by atoms with van der Waals surface area (Å²) in [6, 6.07) is 38.1. The van der Waals surface area contributed by atoms with Crippen LogP contribution in [0.2, 0.25) is 0 Å². The van der Waals surface area contributed by atoms with Gasteiger partial charge in [-0.3, -0.25) is 4.98 Å². The van der Waals surface area contributed by atoms with Gasteiger partial charge in [-0.25, -0.2) is 9.67 Å². The molecular weight excluding hydrogens is 498 g/mol. The van der Waals surface area contributed by atoms with Crippen molar-refractivity contribution in [3.05, 3.63) is 128 Å². The van der Waals surface area contributed by atoms with Gasteiger partial charge >= 0.3 is 0 Å². The number of hydrogen-bond donors (Lipinski definition) is 0. The highest BCUT2D eigenvalue weighted by Crippen LogP contribution is 2.37. The van der Waals surface area contributed by atoms with Crippen molar-refractivity contribution in [1.29, 1.82) is 0 Å². The zero-order chi connectivity index (χ0) is 25.8. The van der Waals surface area contributed by atoms with Crippen LogP contribution in [0, 0.1) is 0 Å². The summed E-state index contributed by atoms with van der Waals surface area (Å²) < 4.78 is 5.41. The molecule has 0 N–H and O–H groups in total. The molecule has 5 nitrogen and oxygen atoms in total. The molecule has 4 aromatic carbocycles. The second kappa shape index (κ2) is 8.75. The molecule has 0 fully saturated rings. The van der Waals surface area contributed by atoms with Crippen molar-refractivity contribution in [3.63, 3.8) is 0 Å². The molecule has 0 saturated heterocycles. The Bertz CT molecular complexity index is 2100. The molecule has 0 bridgehead atoms. The Labute approximate surface area is 228 Å². The number of pyridine rings is 1. The minimum Gasteiger partial charge on any atom is -0.309 e. The van der Waals surface area contributed by atoms with Gasteiger partial charge in [0.05, 0.1) is 32.6 Å². The van der Waals surface area contributed by atoms with E-state index < -0.39 is 0 Å². The molecule has 0 radical (unpaired) electrons. The van der Waals surface area contributed by atoms with Crippen molar-refractivity contribution in [2.45, 2.75) is 0 Å². The summed E-state index contributed by atoms with van der Waals surface area (Å²) in [7, 11) is 0.